The smallest absolute Gasteiger partial charge is 0.228 e. The maximum atomic E-state index is 9.17. The van der Waals surface area contributed by atoms with Crippen LogP contribution >= 0.6 is 0 Å². The third kappa shape index (κ3) is 16.8. The first kappa shape index (κ1) is 85.4. The molecule has 0 unspecified atom stereocenters. The molecule has 147 heavy (non-hydrogen) atoms. The van der Waals surface area contributed by atoms with Crippen LogP contribution in [0.25, 0.3) is 220 Å². The van der Waals surface area contributed by atoms with Gasteiger partial charge in [-0.15, -0.1) is 0 Å². The third-order valence-corrected chi connectivity index (χ3v) is 31.2. The highest BCUT2D eigenvalue weighted by molar-refractivity contribution is 6.24. The van der Waals surface area contributed by atoms with E-state index in [1.807, 2.05) is 126 Å². The molecule has 0 N–H and O–H groups in total. The quantitative estimate of drug-likeness (QED) is 0.128. The molecule has 726 valence electrons. The Balaban J connectivity index is 0.000000102. The van der Waals surface area contributed by atoms with E-state index >= 15 is 0 Å². The van der Waals surface area contributed by atoms with Gasteiger partial charge in [0.1, 0.15) is 35.2 Å². The molecule has 0 saturated heterocycles. The van der Waals surface area contributed by atoms with Gasteiger partial charge in [-0.3, -0.25) is 0 Å². The Morgan fingerprint density at radius 1 is 0.293 bits per heavy atom. The van der Waals surface area contributed by atoms with Crippen LogP contribution in [0, 0.1) is 48.4 Å². The molecule has 3 saturated carbocycles. The average Bonchev–Trinajstić information content (AvgIpc) is 1.53. The van der Waals surface area contributed by atoms with Crippen LogP contribution in [0.3, 0.4) is 0 Å². The largest absolute Gasteiger partial charge is 0.437 e. The fourth-order valence-corrected chi connectivity index (χ4v) is 23.4. The maximum Gasteiger partial charge on any atom is 0.228 e. The van der Waals surface area contributed by atoms with Crippen LogP contribution in [0.5, 0.6) is 0 Å². The second-order valence-corrected chi connectivity index (χ2v) is 40.9. The molecule has 3 fully saturated rings. The lowest BCUT2D eigenvalue weighted by molar-refractivity contribution is -0.660. The molecule has 15 nitrogen and oxygen atoms in total. The van der Waals surface area contributed by atoms with E-state index in [0.717, 1.165) is 319 Å². The fourth-order valence-electron chi connectivity index (χ4n) is 23.4. The molecule has 15 heteroatoms. The van der Waals surface area contributed by atoms with Crippen LogP contribution in [0.4, 0.5) is 0 Å². The number of fused-ring (bicyclic) bond motifs is 25. The minimum atomic E-state index is -2.14. The highest BCUT2D eigenvalue weighted by Gasteiger charge is 2.33. The summed E-state index contributed by atoms with van der Waals surface area (Å²) in [6.45, 7) is 14.3. The SMILES string of the molecule is [2H]C(C)(C)c1cc[n+](C)c(-c2c(C)ccc3c2oc2ncc4ccccc4c23)c1.[2H]C([2H])([2H])c1ccc(-c2c(C)ccc3c2oc2ncc4ccccc4c23)[n+](C)c1.[2H]C1(c2cc[n+](C)c(-c3c(C)ccc4c3oc3nc(C)c5ccccc5c34)c2)CCCCC1.[2H]C1(c2cc[n+](C)c(-c3c(C)ccc4c3oc3ncc5ccccc5c34)c2)CCCC1.[2H]C1(c2cc[n+](C)c(-c3c(C)ccc4c3oc3ncc5ccccc5c34)c2)CCCCC1. The average molecular weight is 1940 g/mol. The van der Waals surface area contributed by atoms with E-state index in [1.54, 1.807) is 12.3 Å². The van der Waals surface area contributed by atoms with Crippen LogP contribution in [0.1, 0.15) is 198 Å². The van der Waals surface area contributed by atoms with Crippen molar-refractivity contribution in [1.29, 1.82) is 0 Å². The molecule has 0 spiro atoms. The molecule has 15 aromatic heterocycles. The van der Waals surface area contributed by atoms with Crippen molar-refractivity contribution in [3.8, 4) is 56.3 Å². The Hall–Kier alpha value is -16.0. The van der Waals surface area contributed by atoms with Gasteiger partial charge in [-0.1, -0.05) is 247 Å². The third-order valence-electron chi connectivity index (χ3n) is 31.2. The van der Waals surface area contributed by atoms with Gasteiger partial charge in [-0.05, 0) is 194 Å². The van der Waals surface area contributed by atoms with Crippen molar-refractivity contribution in [3.63, 3.8) is 0 Å². The van der Waals surface area contributed by atoms with Gasteiger partial charge in [0, 0.05) is 154 Å². The Labute approximate surface area is 865 Å². The number of benzene rings is 10. The summed E-state index contributed by atoms with van der Waals surface area (Å²) in [5.74, 6) is -2.13. The predicted molar refractivity (Wildman–Crippen MR) is 598 cm³/mol. The summed E-state index contributed by atoms with van der Waals surface area (Å²) in [6.07, 6.45) is 32.4. The number of hydrogen-bond donors (Lipinski definition) is 0. The summed E-state index contributed by atoms with van der Waals surface area (Å²) in [4.78, 5) is 23.2. The van der Waals surface area contributed by atoms with E-state index in [0.29, 0.717) is 34.1 Å². The van der Waals surface area contributed by atoms with Gasteiger partial charge in [0.15, 0.2) is 58.9 Å². The molecule has 25 aromatic rings. The number of furan rings is 5. The standard InChI is InChI=1S/C29H29N2O.C28H27N2O.C27H25N2O.C25H23N2O.C23H19N2O/c1-18-13-14-24-27-23-12-8-7-11-22(23)19(2)30-29(27)32-28(24)26(18)25-17-21(15-16-31(25)3)20-9-5-4-6-10-20;1-18-12-13-23-26-22-11-7-6-10-21(22)17-29-28(26)31-27(23)25(18)24-16-20(14-15-30(24)2)19-8-4-3-5-9-19;1-17-11-12-22-25-21-10-6-5-9-20(21)16-28-27(25)30-26(22)24(17)23-15-19(13-14-29(23)2)18-7-3-4-8-18;1-15(2)17-11-12-27(4)21(13-17)22-16(3)9-10-20-23-19-8-6-5-7-18(19)14-26-25(23)28-24(20)22;1-14-8-11-19(25(3)13-14)20-15(2)9-10-18-21-17-7-5-4-6-16(17)12-24-23(21)26-22(18)20/h7-8,11-17,20H,4-6,9-10H2,1-3H3;6-7,10-17,19H,3-5,8-9H2,1-2H3;5-6,9-16,18H,3-4,7-8H2,1-2H3;5-15H,1-4H3;4-13H,1-3H3/q5*+1/i20D;19D;18D;15D;1D3. The topological polar surface area (TPSA) is 150 Å². The van der Waals surface area contributed by atoms with Crippen molar-refractivity contribution in [2.75, 3.05) is 0 Å². The number of rotatable bonds is 9. The number of nitrogens with zero attached hydrogens (tertiary/aromatic N) is 10. The number of aromatic nitrogens is 10. The molecular weight excluding hydrogens is 1810 g/mol. The van der Waals surface area contributed by atoms with Gasteiger partial charge in [-0.2, -0.15) is 0 Å². The molecule has 10 aromatic carbocycles. The molecule has 15 heterocycles. The Bertz CT molecular complexity index is 9960. The Kier molecular flexibility index (Phi) is 22.4. The normalized spacial score (nSPS) is 15.4. The minimum absolute atomic E-state index is 0.311. The summed E-state index contributed by atoms with van der Waals surface area (Å²) in [6, 6.07) is 83.6. The molecule has 0 amide bonds. The summed E-state index contributed by atoms with van der Waals surface area (Å²) in [5.41, 5.74) is 29.3. The summed E-state index contributed by atoms with van der Waals surface area (Å²) >= 11 is 0. The molecule has 0 radical (unpaired) electrons. The maximum absolute atomic E-state index is 9.17. The zero-order chi connectivity index (χ0) is 106. The Morgan fingerprint density at radius 2 is 0.578 bits per heavy atom. The van der Waals surface area contributed by atoms with Crippen molar-refractivity contribution < 1.29 is 54.5 Å². The van der Waals surface area contributed by atoms with Crippen molar-refractivity contribution in [3.05, 3.63) is 360 Å². The van der Waals surface area contributed by atoms with Gasteiger partial charge in [0.25, 0.3) is 0 Å². The zero-order valence-corrected chi connectivity index (χ0v) is 85.7. The zero-order valence-electron chi connectivity index (χ0n) is 92.7. The molecule has 0 aliphatic heterocycles. The van der Waals surface area contributed by atoms with Crippen molar-refractivity contribution in [2.45, 2.75) is 176 Å². The van der Waals surface area contributed by atoms with E-state index < -0.39 is 30.4 Å². The monoisotopic (exact) mass is 1940 g/mol. The highest BCUT2D eigenvalue weighted by atomic mass is 16.4. The molecule has 0 atom stereocenters. The van der Waals surface area contributed by atoms with Crippen LogP contribution in [0.15, 0.2) is 321 Å². The van der Waals surface area contributed by atoms with Crippen molar-refractivity contribution in [2.24, 2.45) is 35.2 Å². The minimum Gasteiger partial charge on any atom is -0.437 e. The molecule has 3 aliphatic rings. The number of hydrogen-bond acceptors (Lipinski definition) is 10. The lowest BCUT2D eigenvalue weighted by Crippen LogP contribution is -2.31. The van der Waals surface area contributed by atoms with Crippen molar-refractivity contribution >= 4 is 164 Å². The van der Waals surface area contributed by atoms with Crippen LogP contribution < -0.4 is 22.8 Å². The second-order valence-electron chi connectivity index (χ2n) is 40.9. The van der Waals surface area contributed by atoms with E-state index in [1.165, 1.54) is 18.2 Å². The summed E-state index contributed by atoms with van der Waals surface area (Å²) < 4.78 is 101. The van der Waals surface area contributed by atoms with Crippen LogP contribution in [0.2, 0.25) is 0 Å². The summed E-state index contributed by atoms with van der Waals surface area (Å²) in [5, 5.41) is 22.0. The predicted octanol–water partition coefficient (Wildman–Crippen LogP) is 32.2. The molecule has 0 bridgehead atoms. The Morgan fingerprint density at radius 3 is 0.905 bits per heavy atom. The number of pyridine rings is 10. The summed E-state index contributed by atoms with van der Waals surface area (Å²) in [7, 11) is 10.1. The molecular formula is C132H123N10O5+5. The van der Waals surface area contributed by atoms with Crippen LogP contribution in [-0.4, -0.2) is 24.9 Å². The van der Waals surface area contributed by atoms with Crippen LogP contribution in [-0.2, 0) is 35.2 Å². The number of aryl methyl sites for hydroxylation is 12. The highest BCUT2D eigenvalue weighted by Crippen LogP contribution is 2.49. The van der Waals surface area contributed by atoms with Gasteiger partial charge >= 0.3 is 0 Å². The van der Waals surface area contributed by atoms with Crippen molar-refractivity contribution in [1.82, 2.24) is 24.9 Å². The first-order valence-electron chi connectivity index (χ1n) is 55.3. The van der Waals surface area contributed by atoms with E-state index in [4.69, 9.17) is 36.7 Å². The first-order valence-corrected chi connectivity index (χ1v) is 51.8. The van der Waals surface area contributed by atoms with Gasteiger partial charge in [0.2, 0.25) is 57.0 Å². The molecule has 28 rings (SSSR count). The molecule has 3 aliphatic carbocycles. The fraction of sp³-hybridized carbons (Fsp3) is 0.242. The van der Waals surface area contributed by atoms with E-state index in [2.05, 4.69) is 294 Å². The van der Waals surface area contributed by atoms with Gasteiger partial charge < -0.3 is 22.1 Å². The van der Waals surface area contributed by atoms with Gasteiger partial charge in [-0.25, -0.2) is 47.8 Å². The second kappa shape index (κ2) is 38.5. The van der Waals surface area contributed by atoms with E-state index in [9.17, 15) is 0 Å². The van der Waals surface area contributed by atoms with E-state index in [-0.39, 0.29) is 0 Å². The lowest BCUT2D eigenvalue weighted by Gasteiger charge is -2.21. The van der Waals surface area contributed by atoms with Gasteiger partial charge in [0.05, 0.1) is 54.7 Å². The first-order chi connectivity index (χ1) is 74.2. The lowest BCUT2D eigenvalue weighted by atomic mass is 9.84.